The minimum Gasteiger partial charge on any atom is -0.497 e. The number of carbonyl (C=O) groups is 7. The van der Waals surface area contributed by atoms with Gasteiger partial charge in [0.2, 0.25) is 22.4 Å². The number of methoxy groups -OCH3 is 3. The number of nitrogens with one attached hydrogen (secondary N) is 4. The van der Waals surface area contributed by atoms with Crippen LogP contribution in [0.1, 0.15) is 74.6 Å². The lowest BCUT2D eigenvalue weighted by molar-refractivity contribution is -0.139. The molecule has 0 aliphatic carbocycles. The Hall–Kier alpha value is -9.22. The Bertz CT molecular complexity index is 2880. The normalized spacial score (nSPS) is 9.92. The van der Waals surface area contributed by atoms with Gasteiger partial charge in [0, 0.05) is 82.5 Å². The van der Waals surface area contributed by atoms with Crippen molar-refractivity contribution in [3.63, 3.8) is 0 Å². The molecule has 0 spiro atoms. The molecule has 0 saturated carbocycles. The summed E-state index contributed by atoms with van der Waals surface area (Å²) in [7, 11) is 8.42. The van der Waals surface area contributed by atoms with Gasteiger partial charge in [-0.05, 0) is 139 Å². The number of hydrogen-bond donors (Lipinski definition) is 10. The van der Waals surface area contributed by atoms with Gasteiger partial charge < -0.3 is 75.6 Å². The van der Waals surface area contributed by atoms with E-state index in [1.807, 2.05) is 79.8 Å². The Morgan fingerprint density at radius 3 is 1.29 bits per heavy atom. The molecule has 89 heavy (non-hydrogen) atoms. The number of aryl methyl sites for hydroxylation is 4. The van der Waals surface area contributed by atoms with Gasteiger partial charge in [-0.25, -0.2) is 0 Å². The molecule has 6 aromatic rings. The zero-order valence-corrected chi connectivity index (χ0v) is 51.6. The van der Waals surface area contributed by atoms with Crippen molar-refractivity contribution in [3.8, 4) is 17.2 Å². The largest absolute Gasteiger partial charge is 0.497 e. The van der Waals surface area contributed by atoms with Gasteiger partial charge >= 0.3 is 35.8 Å². The molecule has 0 unspecified atom stereocenters. The zero-order valence-electron chi connectivity index (χ0n) is 50.1. The van der Waals surface area contributed by atoms with Crippen LogP contribution >= 0.6 is 23.2 Å². The SMILES string of the molecule is CNc1ccc(CCC(=O)O)cc1.COc1ccc(CCC(=O)O)cc1.COc1ccc(NC(=O)CCCC(=O)O)cc1.COc1ccc(Nc2nc(Cl)nc(Cl)n2)cc1.Cn1cc(CCCC(=O)O)nn1.O=C(O)CCOCCNCCOCCC(=O)O. The van der Waals surface area contributed by atoms with Crippen LogP contribution in [0.3, 0.4) is 0 Å². The molecule has 10 N–H and O–H groups in total. The summed E-state index contributed by atoms with van der Waals surface area (Å²) in [6, 6.07) is 29.4. The summed E-state index contributed by atoms with van der Waals surface area (Å²) in [4.78, 5) is 84.1. The van der Waals surface area contributed by atoms with E-state index >= 15 is 0 Å². The van der Waals surface area contributed by atoms with Crippen LogP contribution in [0.5, 0.6) is 17.2 Å². The first-order valence-corrected chi connectivity index (χ1v) is 28.1. The van der Waals surface area contributed by atoms with Crippen LogP contribution in [-0.2, 0) is 69.3 Å². The number of halogens is 2. The van der Waals surface area contributed by atoms with Gasteiger partial charge in [-0.1, -0.05) is 29.5 Å². The number of benzene rings is 4. The standard InChI is InChI=1S/C12H15NO4.C10H8Cl2N4O.C10H19NO6.C10H13NO2.C10H12O3.C7H11N3O2/c1-17-10-7-5-9(6-8-10)13-11(14)3-2-4-12(15)16;1-17-7-4-2-6(3-5-7)13-10-15-8(11)14-9(12)16-10;12-9(13)1-5-16-7-3-11-4-8-17-6-2-10(14)15;1-11-9-5-2-8(3-6-9)4-7-10(12)13;1-13-9-5-2-8(3-6-9)4-7-10(11)12;1-10-5-6(8-9-10)3-2-4-7(11)12/h5-8H,2-4H2,1H3,(H,13,14)(H,15,16);2-5H,1H3,(H,13,14,15,16);11H,1-8H2,(H,12,13)(H,14,15);2-3,5-6,11H,4,7H2,1H3,(H,12,13);2-3,5-6H,4,7H2,1H3,(H,11,12);5H,2-4H2,1H3,(H,11,12). The summed E-state index contributed by atoms with van der Waals surface area (Å²) in [5, 5.41) is 69.6. The van der Waals surface area contributed by atoms with E-state index in [1.165, 1.54) is 0 Å². The van der Waals surface area contributed by atoms with Crippen molar-refractivity contribution < 1.29 is 87.9 Å². The second-order valence-electron chi connectivity index (χ2n) is 18.1. The summed E-state index contributed by atoms with van der Waals surface area (Å²) >= 11 is 11.3. The third kappa shape index (κ3) is 43.1. The highest BCUT2D eigenvalue weighted by Gasteiger charge is 2.07. The first-order valence-electron chi connectivity index (χ1n) is 27.4. The van der Waals surface area contributed by atoms with E-state index in [1.54, 1.807) is 63.5 Å². The smallest absolute Gasteiger partial charge is 0.305 e. The van der Waals surface area contributed by atoms with E-state index in [4.69, 9.17) is 77.5 Å². The first-order chi connectivity index (χ1) is 42.5. The highest BCUT2D eigenvalue weighted by Crippen LogP contribution is 2.20. The zero-order chi connectivity index (χ0) is 66.2. The molecular formula is C59H78Cl2N10O18. The van der Waals surface area contributed by atoms with E-state index in [-0.39, 0.29) is 74.6 Å². The molecule has 1 amide bonds. The van der Waals surface area contributed by atoms with E-state index in [0.29, 0.717) is 75.8 Å². The van der Waals surface area contributed by atoms with Crippen molar-refractivity contribution in [2.24, 2.45) is 7.05 Å². The van der Waals surface area contributed by atoms with E-state index in [2.05, 4.69) is 46.5 Å². The summed E-state index contributed by atoms with van der Waals surface area (Å²) in [5.74, 6) is -2.53. The predicted molar refractivity (Wildman–Crippen MR) is 331 cm³/mol. The van der Waals surface area contributed by atoms with Crippen LogP contribution in [0.25, 0.3) is 0 Å². The highest BCUT2D eigenvalue weighted by atomic mass is 35.5. The Balaban J connectivity index is 0.000000537. The lowest BCUT2D eigenvalue weighted by Crippen LogP contribution is -2.24. The maximum atomic E-state index is 11.4. The average Bonchev–Trinajstić information content (AvgIpc) is 4.04. The number of aromatic nitrogens is 6. The highest BCUT2D eigenvalue weighted by molar-refractivity contribution is 6.31. The van der Waals surface area contributed by atoms with Crippen molar-refractivity contribution in [1.82, 2.24) is 35.3 Å². The van der Waals surface area contributed by atoms with Gasteiger partial charge in [0.25, 0.3) is 0 Å². The van der Waals surface area contributed by atoms with Crippen LogP contribution in [0.15, 0.2) is 103 Å². The van der Waals surface area contributed by atoms with Crippen LogP contribution < -0.4 is 35.5 Å². The number of aliphatic carboxylic acids is 6. The molecule has 486 valence electrons. The van der Waals surface area contributed by atoms with Crippen LogP contribution in [0.2, 0.25) is 10.6 Å². The molecule has 2 heterocycles. The second-order valence-corrected chi connectivity index (χ2v) is 18.7. The molecule has 0 atom stereocenters. The summed E-state index contributed by atoms with van der Waals surface area (Å²) in [6.45, 7) is 2.55. The molecule has 30 heteroatoms. The Morgan fingerprint density at radius 1 is 0.483 bits per heavy atom. The lowest BCUT2D eigenvalue weighted by atomic mass is 10.1. The number of carboxylic acids is 6. The fraction of sp³-hybridized carbons (Fsp3) is 0.390. The summed E-state index contributed by atoms with van der Waals surface area (Å²) in [5.41, 5.74) is 5.43. The topological polar surface area (TPSA) is 405 Å². The number of amides is 1. The minimum absolute atomic E-state index is 0.00995. The summed E-state index contributed by atoms with van der Waals surface area (Å²) in [6.07, 6.45) is 5.40. The molecule has 0 aliphatic rings. The maximum absolute atomic E-state index is 11.4. The van der Waals surface area contributed by atoms with Crippen molar-refractivity contribution >= 4 is 87.9 Å². The fourth-order valence-corrected chi connectivity index (χ4v) is 6.85. The van der Waals surface area contributed by atoms with E-state index in [0.717, 1.165) is 39.7 Å². The number of carbonyl (C=O) groups excluding carboxylic acids is 1. The molecule has 4 aromatic carbocycles. The van der Waals surface area contributed by atoms with Crippen molar-refractivity contribution in [3.05, 3.63) is 131 Å². The van der Waals surface area contributed by atoms with Gasteiger partial charge in [0.15, 0.2) is 0 Å². The Kier molecular flexibility index (Phi) is 41.8. The number of nitrogens with zero attached hydrogens (tertiary/aromatic N) is 6. The fourth-order valence-electron chi connectivity index (χ4n) is 6.48. The maximum Gasteiger partial charge on any atom is 0.305 e. The Labute approximate surface area is 524 Å². The molecule has 28 nitrogen and oxygen atoms in total. The van der Waals surface area contributed by atoms with Gasteiger partial charge in [-0.3, -0.25) is 38.2 Å². The number of carboxylic acid groups (broad SMARTS) is 6. The van der Waals surface area contributed by atoms with Crippen LogP contribution in [0, 0.1) is 0 Å². The Morgan fingerprint density at radius 2 is 0.888 bits per heavy atom. The average molecular weight is 1290 g/mol. The van der Waals surface area contributed by atoms with Crippen molar-refractivity contribution in [2.75, 3.05) is 83.8 Å². The number of anilines is 4. The van der Waals surface area contributed by atoms with Crippen molar-refractivity contribution in [2.45, 2.75) is 77.0 Å². The van der Waals surface area contributed by atoms with Gasteiger partial charge in [-0.15, -0.1) is 5.10 Å². The molecule has 0 bridgehead atoms. The lowest BCUT2D eigenvalue weighted by Gasteiger charge is -2.05. The van der Waals surface area contributed by atoms with Crippen LogP contribution in [0.4, 0.5) is 23.0 Å². The van der Waals surface area contributed by atoms with Gasteiger partial charge in [-0.2, -0.15) is 15.0 Å². The minimum atomic E-state index is -0.887. The number of rotatable bonds is 33. The van der Waals surface area contributed by atoms with Crippen molar-refractivity contribution in [1.29, 1.82) is 0 Å². The monoisotopic (exact) mass is 1280 g/mol. The molecule has 2 aromatic heterocycles. The molecule has 0 aliphatic heterocycles. The number of hydrogen-bond acceptors (Lipinski definition) is 20. The predicted octanol–water partition coefficient (Wildman–Crippen LogP) is 8.06. The van der Waals surface area contributed by atoms with E-state index in [9.17, 15) is 33.6 Å². The van der Waals surface area contributed by atoms with E-state index < -0.39 is 35.8 Å². The quantitative estimate of drug-likeness (QED) is 0.0174. The van der Waals surface area contributed by atoms with Gasteiger partial charge in [0.1, 0.15) is 17.2 Å². The number of ether oxygens (including phenoxy) is 5. The third-order valence-corrected chi connectivity index (χ3v) is 11.3. The second kappa shape index (κ2) is 47.9. The first kappa shape index (κ1) is 77.8. The molecule has 0 saturated heterocycles. The third-order valence-electron chi connectivity index (χ3n) is 11.0. The summed E-state index contributed by atoms with van der Waals surface area (Å²) < 4.78 is 26.7. The van der Waals surface area contributed by atoms with Crippen LogP contribution in [-0.4, -0.2) is 170 Å². The molecule has 6 rings (SSSR count). The molecule has 0 fully saturated rings. The molecular weight excluding hydrogens is 1210 g/mol. The molecule has 0 radical (unpaired) electrons. The van der Waals surface area contributed by atoms with Gasteiger partial charge in [0.05, 0.1) is 66.3 Å².